The van der Waals surface area contributed by atoms with Crippen LogP contribution in [-0.4, -0.2) is 109 Å². The van der Waals surface area contributed by atoms with Crippen molar-refractivity contribution in [1.82, 2.24) is 0 Å². The van der Waals surface area contributed by atoms with Crippen LogP contribution >= 0.6 is 0 Å². The molecule has 4 radical (unpaired) electrons. The van der Waals surface area contributed by atoms with Crippen molar-refractivity contribution in [2.24, 2.45) is 50.2 Å². The number of allylic oxidation sites excluding steroid dienone is 2. The van der Waals surface area contributed by atoms with E-state index in [0.29, 0.717) is 19.3 Å². The van der Waals surface area contributed by atoms with E-state index in [-0.39, 0.29) is 232 Å². The molecule has 0 aromatic carbocycles. The first-order chi connectivity index (χ1) is 20.6. The number of rotatable bonds is 5. The number of ketones is 1. The molecule has 0 amide bonds. The Morgan fingerprint density at radius 2 is 1.31 bits per heavy atom. The first kappa shape index (κ1) is 71.0. The van der Waals surface area contributed by atoms with E-state index in [1.165, 1.54) is 5.57 Å². The van der Waals surface area contributed by atoms with Crippen LogP contribution in [0.2, 0.25) is 0 Å². The number of hydrogen-bond acceptors (Lipinski definition) is 12. The van der Waals surface area contributed by atoms with Gasteiger partial charge in [-0.3, -0.25) is 9.59 Å². The summed E-state index contributed by atoms with van der Waals surface area (Å²) in [4.78, 5) is 58.4. The summed E-state index contributed by atoms with van der Waals surface area (Å²) in [6.45, 7) is 15.3. The minimum atomic E-state index is -2.08. The van der Waals surface area contributed by atoms with Gasteiger partial charge in [0.15, 0.2) is 5.78 Å². The summed E-state index contributed by atoms with van der Waals surface area (Å²) in [5, 5.41) is 38.4. The first-order valence-corrected chi connectivity index (χ1v) is 16.3. The summed E-state index contributed by atoms with van der Waals surface area (Å²) in [6, 6.07) is 0. The van der Waals surface area contributed by atoms with Crippen LogP contribution in [0, 0.1) is 50.2 Å². The Morgan fingerprint density at radius 3 is 1.78 bits per heavy atom. The monoisotopic (exact) mass is 844 g/mol. The molecule has 0 saturated heterocycles. The summed E-state index contributed by atoms with van der Waals surface area (Å²) in [7, 11) is 0. The van der Waals surface area contributed by atoms with Crippen LogP contribution in [0.15, 0.2) is 11.6 Å². The minimum Gasteiger partial charge on any atom is -2.00 e. The van der Waals surface area contributed by atoms with Crippen LogP contribution < -0.4 is 104 Å². The maximum Gasteiger partial charge on any atom is 3.00 e. The maximum absolute atomic E-state index is 14.4. The smallest absolute Gasteiger partial charge is 2.00 e. The van der Waals surface area contributed by atoms with E-state index in [2.05, 4.69) is 41.5 Å². The predicted molar refractivity (Wildman–Crippen MR) is 180 cm³/mol. The number of aliphatic carboxylic acids is 2. The van der Waals surface area contributed by atoms with Gasteiger partial charge in [-0.1, -0.05) is 54.0 Å². The Bertz CT molecular complexity index is 1340. The van der Waals surface area contributed by atoms with E-state index in [1.54, 1.807) is 0 Å². The van der Waals surface area contributed by atoms with E-state index >= 15 is 0 Å². The number of carbonyl (C=O) groups is 5. The second-order valence-electron chi connectivity index (χ2n) is 16.5. The summed E-state index contributed by atoms with van der Waals surface area (Å²) < 4.78 is 5.87. The SMILES string of the molecule is CC1(C)C2CC[C@]3(C)C(C(=O)C=C4[C@H]5C[C@](C)(C(=O)[O-])CC[C@]5(C)CC[C@]43C)[C@@]2(C)CC[C@@H]1OC(=O)CCC(=O)[O-].O=C([O-])O.[Al+3].[Mg+2].[Na+].[Na+].[Na+].[O-2].[OH-].[OH-].[OH-].[Si]. The Kier molecular flexibility index (Phi) is 32.8. The summed E-state index contributed by atoms with van der Waals surface area (Å²) >= 11 is 0. The van der Waals surface area contributed by atoms with Gasteiger partial charge in [0, 0.05) is 39.7 Å². The van der Waals surface area contributed by atoms with Gasteiger partial charge in [-0.25, -0.2) is 0 Å². The average molecular weight is 845 g/mol. The van der Waals surface area contributed by atoms with Crippen molar-refractivity contribution in [3.05, 3.63) is 11.6 Å². The van der Waals surface area contributed by atoms with Crippen LogP contribution in [0.5, 0.6) is 0 Å². The van der Waals surface area contributed by atoms with Crippen molar-refractivity contribution < 1.29 is 160 Å². The second-order valence-corrected chi connectivity index (χ2v) is 16.5. The predicted octanol–water partition coefficient (Wildman–Crippen LogP) is -7.73. The third-order valence-corrected chi connectivity index (χ3v) is 13.8. The topological polar surface area (TPSA) is 302 Å². The summed E-state index contributed by atoms with van der Waals surface area (Å²) in [5.41, 5.74) is -0.823. The number of ether oxygens (including phenoxy) is 1. The standard InChI is InChI=1S/C34H50O7.CH2O3.Al.Mg.3Na.3H2O.O.Si/c1-29(2)23-10-13-34(7)27(32(23,5)12-11-24(29)41-26(38)9-8-25(36)37)22(35)18-20-21-19-31(4,28(39)40)15-14-30(21,3)16-17-33(20,34)6;2-1(3)4;;;;;;;;;;/h18,21,23-24,27H,8-17,19H2,1-7H3,(H,36,37)(H,39,40);(H2,2,3,4);;;;;;3*1H2;;/q;;+3;+2;3*+1;;;;-2;/p-6/t21-,23?,24+,27?,30-,31-,32+,33-,34-;;;;;;;;;;;/m1.........../s1. The molecular weight excluding hydrogens is 793 g/mol. The van der Waals surface area contributed by atoms with Crippen molar-refractivity contribution in [3.63, 3.8) is 0 Å². The zero-order chi connectivity index (χ0) is 34.0. The van der Waals surface area contributed by atoms with Crippen molar-refractivity contribution >= 4 is 81.2 Å². The van der Waals surface area contributed by atoms with Crippen molar-refractivity contribution in [2.45, 2.75) is 125 Å². The van der Waals surface area contributed by atoms with Crippen LogP contribution in [0.3, 0.4) is 0 Å². The zero-order valence-electron chi connectivity index (χ0n) is 34.3. The van der Waals surface area contributed by atoms with Crippen LogP contribution in [0.1, 0.15) is 119 Å². The minimum absolute atomic E-state index is 0. The van der Waals surface area contributed by atoms with E-state index < -0.39 is 29.5 Å². The molecule has 5 aliphatic carbocycles. The van der Waals surface area contributed by atoms with Gasteiger partial charge in [0.1, 0.15) is 6.10 Å². The van der Waals surface area contributed by atoms with Gasteiger partial charge in [0.2, 0.25) is 6.16 Å². The Labute approximate surface area is 423 Å². The second kappa shape index (κ2) is 25.4. The average Bonchev–Trinajstić information content (AvgIpc) is 2.91. The van der Waals surface area contributed by atoms with E-state index in [0.717, 1.165) is 38.5 Å². The molecule has 5 rings (SSSR count). The molecule has 0 bridgehead atoms. The maximum atomic E-state index is 14.4. The number of carbonyl (C=O) groups excluding carboxylic acids is 4. The molecule has 0 spiro atoms. The third-order valence-electron chi connectivity index (χ3n) is 13.8. The number of hydrogen-bond donors (Lipinski definition) is 1. The number of carboxylic acids is 2. The number of carboxylic acid groups (broad SMARTS) is 4. The van der Waals surface area contributed by atoms with Crippen LogP contribution in [-0.2, 0) is 29.4 Å². The van der Waals surface area contributed by atoms with Gasteiger partial charge in [-0.15, -0.1) is 0 Å². The molecule has 0 heterocycles. The van der Waals surface area contributed by atoms with Crippen molar-refractivity contribution in [1.29, 1.82) is 0 Å². The van der Waals surface area contributed by atoms with Crippen molar-refractivity contribution in [2.75, 3.05) is 0 Å². The van der Waals surface area contributed by atoms with Crippen molar-refractivity contribution in [3.8, 4) is 0 Å². The molecule has 5 aliphatic rings. The van der Waals surface area contributed by atoms with Gasteiger partial charge in [0.05, 0.1) is 6.42 Å². The molecule has 288 valence electrons. The Balaban J connectivity index is -0.000000314. The van der Waals surface area contributed by atoms with Gasteiger partial charge in [-0.05, 0) is 104 Å². The largest absolute Gasteiger partial charge is 3.00 e. The molecule has 4 fully saturated rings. The van der Waals surface area contributed by atoms with Gasteiger partial charge >= 0.3 is 135 Å². The van der Waals surface area contributed by atoms with Gasteiger partial charge in [-0.2, -0.15) is 0 Å². The molecule has 0 aliphatic heterocycles. The molecule has 0 aromatic heterocycles. The molecule has 20 heteroatoms. The Morgan fingerprint density at radius 1 is 0.818 bits per heavy atom. The molecular formula is C35H52AlMgNa3O14Si. The normalized spacial score (nSPS) is 35.2. The first-order valence-electron chi connectivity index (χ1n) is 16.3. The molecule has 9 atom stereocenters. The zero-order valence-corrected chi connectivity index (χ0v) is 43.9. The molecule has 14 nitrogen and oxygen atoms in total. The number of fused-ring (bicyclic) bond motifs is 7. The summed E-state index contributed by atoms with van der Waals surface area (Å²) in [5.74, 6) is -2.53. The van der Waals surface area contributed by atoms with E-state index in [4.69, 9.17) is 19.7 Å². The third kappa shape index (κ3) is 13.0. The fraction of sp³-hybridized carbons (Fsp3) is 0.800. The van der Waals surface area contributed by atoms with E-state index in [1.807, 2.05) is 13.0 Å². The number of esters is 1. The fourth-order valence-corrected chi connectivity index (χ4v) is 11.0. The molecule has 4 saturated carbocycles. The molecule has 0 aromatic rings. The molecule has 55 heavy (non-hydrogen) atoms. The fourth-order valence-electron chi connectivity index (χ4n) is 11.0. The van der Waals surface area contributed by atoms with Crippen LogP contribution in [0.4, 0.5) is 4.79 Å². The molecule has 4 N–H and O–H groups in total. The molecule has 2 unspecified atom stereocenters. The summed E-state index contributed by atoms with van der Waals surface area (Å²) in [6.07, 6.45) is 6.18. The van der Waals surface area contributed by atoms with Gasteiger partial charge in [0.25, 0.3) is 0 Å². The Hall–Kier alpha value is 1.45. The van der Waals surface area contributed by atoms with Crippen LogP contribution in [0.25, 0.3) is 0 Å². The quantitative estimate of drug-likeness (QED) is 0.199. The van der Waals surface area contributed by atoms with Gasteiger partial charge < -0.3 is 61.5 Å². The van der Waals surface area contributed by atoms with E-state index in [9.17, 15) is 29.4 Å².